The van der Waals surface area contributed by atoms with E-state index in [1.54, 1.807) is 53.4 Å². The number of amides is 1. The van der Waals surface area contributed by atoms with Gasteiger partial charge in [0.25, 0.3) is 15.9 Å². The Morgan fingerprint density at radius 1 is 1.09 bits per heavy atom. The Bertz CT molecular complexity index is 1180. The average Bonchev–Trinajstić information content (AvgIpc) is 3.15. The summed E-state index contributed by atoms with van der Waals surface area (Å²) in [4.78, 5) is 14.5. The molecule has 0 radical (unpaired) electrons. The fourth-order valence-corrected chi connectivity index (χ4v) is 6.69. The molecule has 0 N–H and O–H groups in total. The van der Waals surface area contributed by atoms with E-state index in [4.69, 9.17) is 4.74 Å². The number of carbonyl (C=O) groups excluding carboxylic acids is 1. The van der Waals surface area contributed by atoms with Gasteiger partial charge in [-0.25, -0.2) is 16.8 Å². The van der Waals surface area contributed by atoms with Crippen molar-refractivity contribution in [1.82, 2.24) is 4.90 Å². The molecule has 2 aromatic carbocycles. The molecule has 8 nitrogen and oxygen atoms in total. The van der Waals surface area contributed by atoms with Gasteiger partial charge < -0.3 is 9.64 Å². The van der Waals surface area contributed by atoms with Crippen molar-refractivity contribution in [2.75, 3.05) is 36.0 Å². The van der Waals surface area contributed by atoms with E-state index < -0.39 is 19.9 Å². The molecule has 1 fully saturated rings. The van der Waals surface area contributed by atoms with Crippen LogP contribution in [-0.2, 0) is 24.7 Å². The first kappa shape index (κ1) is 25.0. The SMILES string of the molecule is CCCN(C(=O)COc1ccc(N(C)S(=O)(=O)c2ccc(C)cc2)cc1)C1CCS(=O)(=O)C1. The summed E-state index contributed by atoms with van der Waals surface area (Å²) in [6.45, 7) is 4.08. The maximum atomic E-state index is 12.9. The van der Waals surface area contributed by atoms with Gasteiger partial charge in [0, 0.05) is 19.6 Å². The molecule has 2 aromatic rings. The van der Waals surface area contributed by atoms with Gasteiger partial charge in [0.05, 0.1) is 22.1 Å². The number of ether oxygens (including phenoxy) is 1. The molecule has 3 rings (SSSR count). The number of hydrogen-bond acceptors (Lipinski definition) is 6. The molecule has 10 heteroatoms. The molecule has 33 heavy (non-hydrogen) atoms. The second-order valence-electron chi connectivity index (χ2n) is 8.21. The monoisotopic (exact) mass is 494 g/mol. The molecule has 1 atom stereocenters. The molecule has 0 spiro atoms. The lowest BCUT2D eigenvalue weighted by atomic mass is 10.2. The van der Waals surface area contributed by atoms with Crippen LogP contribution in [0, 0.1) is 6.92 Å². The van der Waals surface area contributed by atoms with E-state index in [2.05, 4.69) is 0 Å². The number of aryl methyl sites for hydroxylation is 1. The molecule has 1 aliphatic heterocycles. The highest BCUT2D eigenvalue weighted by Crippen LogP contribution is 2.25. The fraction of sp³-hybridized carbons (Fsp3) is 0.435. The highest BCUT2D eigenvalue weighted by atomic mass is 32.2. The van der Waals surface area contributed by atoms with Crippen molar-refractivity contribution in [3.05, 3.63) is 54.1 Å². The van der Waals surface area contributed by atoms with Gasteiger partial charge >= 0.3 is 0 Å². The van der Waals surface area contributed by atoms with Crippen molar-refractivity contribution >= 4 is 31.5 Å². The summed E-state index contributed by atoms with van der Waals surface area (Å²) in [5, 5.41) is 0. The van der Waals surface area contributed by atoms with E-state index in [-0.39, 0.29) is 35.0 Å². The second kappa shape index (κ2) is 10.1. The minimum absolute atomic E-state index is 0.00473. The van der Waals surface area contributed by atoms with E-state index >= 15 is 0 Å². The first-order valence-corrected chi connectivity index (χ1v) is 14.1. The Labute approximate surface area is 196 Å². The molecule has 1 unspecified atom stereocenters. The van der Waals surface area contributed by atoms with Crippen molar-refractivity contribution < 1.29 is 26.4 Å². The second-order valence-corrected chi connectivity index (χ2v) is 12.4. The van der Waals surface area contributed by atoms with Crippen LogP contribution in [0.2, 0.25) is 0 Å². The first-order valence-electron chi connectivity index (χ1n) is 10.8. The van der Waals surface area contributed by atoms with Gasteiger partial charge in [-0.1, -0.05) is 24.6 Å². The summed E-state index contributed by atoms with van der Waals surface area (Å²) in [7, 11) is -5.32. The zero-order valence-electron chi connectivity index (χ0n) is 19.1. The Hall–Kier alpha value is -2.59. The maximum absolute atomic E-state index is 12.9. The van der Waals surface area contributed by atoms with Crippen LogP contribution in [0.1, 0.15) is 25.3 Å². The molecule has 1 heterocycles. The topological polar surface area (TPSA) is 101 Å². The lowest BCUT2D eigenvalue weighted by Gasteiger charge is -2.28. The predicted molar refractivity (Wildman–Crippen MR) is 128 cm³/mol. The number of sulfonamides is 1. The number of benzene rings is 2. The molecular formula is C23H30N2O6S2. The number of rotatable bonds is 9. The van der Waals surface area contributed by atoms with Crippen LogP contribution in [0.15, 0.2) is 53.4 Å². The summed E-state index contributed by atoms with van der Waals surface area (Å²) in [6, 6.07) is 12.8. The molecule has 180 valence electrons. The Morgan fingerprint density at radius 3 is 2.27 bits per heavy atom. The molecule has 0 saturated carbocycles. The Kier molecular flexibility index (Phi) is 7.69. The quantitative estimate of drug-likeness (QED) is 0.531. The van der Waals surface area contributed by atoms with E-state index in [9.17, 15) is 21.6 Å². The van der Waals surface area contributed by atoms with Crippen LogP contribution >= 0.6 is 0 Å². The smallest absolute Gasteiger partial charge is 0.264 e. The fourth-order valence-electron chi connectivity index (χ4n) is 3.76. The normalized spacial score (nSPS) is 17.5. The zero-order valence-corrected chi connectivity index (χ0v) is 20.7. The summed E-state index contributed by atoms with van der Waals surface area (Å²) < 4.78 is 56.1. The zero-order chi connectivity index (χ0) is 24.2. The number of carbonyl (C=O) groups is 1. The van der Waals surface area contributed by atoms with E-state index in [1.807, 2.05) is 13.8 Å². The van der Waals surface area contributed by atoms with Crippen LogP contribution in [0.4, 0.5) is 5.69 Å². The minimum atomic E-state index is -3.70. The van der Waals surface area contributed by atoms with Crippen LogP contribution < -0.4 is 9.04 Å². The lowest BCUT2D eigenvalue weighted by Crippen LogP contribution is -2.44. The Balaban J connectivity index is 1.64. The third-order valence-electron chi connectivity index (χ3n) is 5.68. The van der Waals surface area contributed by atoms with E-state index in [0.29, 0.717) is 24.4 Å². The molecule has 0 aliphatic carbocycles. The van der Waals surface area contributed by atoms with Crippen molar-refractivity contribution in [1.29, 1.82) is 0 Å². The van der Waals surface area contributed by atoms with Crippen molar-refractivity contribution in [2.24, 2.45) is 0 Å². The summed E-state index contributed by atoms with van der Waals surface area (Å²) in [6.07, 6.45) is 1.17. The maximum Gasteiger partial charge on any atom is 0.264 e. The van der Waals surface area contributed by atoms with Gasteiger partial charge in [-0.3, -0.25) is 9.10 Å². The summed E-state index contributed by atoms with van der Waals surface area (Å²) >= 11 is 0. The van der Waals surface area contributed by atoms with Crippen molar-refractivity contribution in [3.63, 3.8) is 0 Å². The van der Waals surface area contributed by atoms with Gasteiger partial charge in [0.15, 0.2) is 16.4 Å². The standard InChI is InChI=1S/C23H30N2O6S2/c1-4-14-25(20-13-15-32(27,28)17-20)23(26)16-31-21-9-7-19(8-10-21)24(3)33(29,30)22-11-5-18(2)6-12-22/h5-12,20H,4,13-17H2,1-3H3. The first-order chi connectivity index (χ1) is 15.5. The number of sulfone groups is 1. The molecule has 1 saturated heterocycles. The van der Waals surface area contributed by atoms with Crippen molar-refractivity contribution in [2.45, 2.75) is 37.6 Å². The van der Waals surface area contributed by atoms with Gasteiger partial charge in [-0.05, 0) is 56.2 Å². The minimum Gasteiger partial charge on any atom is -0.484 e. The molecule has 1 aliphatic rings. The average molecular weight is 495 g/mol. The highest BCUT2D eigenvalue weighted by Gasteiger charge is 2.34. The molecule has 0 bridgehead atoms. The van der Waals surface area contributed by atoms with E-state index in [0.717, 1.165) is 12.0 Å². The molecule has 0 aromatic heterocycles. The van der Waals surface area contributed by atoms with Crippen molar-refractivity contribution in [3.8, 4) is 5.75 Å². The van der Waals surface area contributed by atoms with Gasteiger partial charge in [-0.15, -0.1) is 0 Å². The number of nitrogens with zero attached hydrogens (tertiary/aromatic N) is 2. The number of anilines is 1. The van der Waals surface area contributed by atoms with Gasteiger partial charge in [0.1, 0.15) is 5.75 Å². The third kappa shape index (κ3) is 6.05. The van der Waals surface area contributed by atoms with Crippen LogP contribution in [0.5, 0.6) is 5.75 Å². The number of hydrogen-bond donors (Lipinski definition) is 0. The highest BCUT2D eigenvalue weighted by molar-refractivity contribution is 7.92. The summed E-state index contributed by atoms with van der Waals surface area (Å²) in [5.41, 5.74) is 1.43. The third-order valence-corrected chi connectivity index (χ3v) is 9.23. The van der Waals surface area contributed by atoms with E-state index in [1.165, 1.54) is 11.4 Å². The Morgan fingerprint density at radius 2 is 1.73 bits per heavy atom. The molecular weight excluding hydrogens is 464 g/mol. The lowest BCUT2D eigenvalue weighted by molar-refractivity contribution is -0.135. The predicted octanol–water partition coefficient (Wildman–Crippen LogP) is 2.62. The van der Waals surface area contributed by atoms with Crippen LogP contribution in [-0.4, -0.2) is 65.4 Å². The van der Waals surface area contributed by atoms with Gasteiger partial charge in [-0.2, -0.15) is 0 Å². The summed E-state index contributed by atoms with van der Waals surface area (Å²) in [5.74, 6) is 0.257. The van der Waals surface area contributed by atoms with Gasteiger partial charge in [0.2, 0.25) is 0 Å². The largest absolute Gasteiger partial charge is 0.484 e. The molecule has 1 amide bonds. The van der Waals surface area contributed by atoms with Crippen LogP contribution in [0.25, 0.3) is 0 Å². The van der Waals surface area contributed by atoms with Crippen LogP contribution in [0.3, 0.4) is 0 Å².